The number of aromatic amines is 1. The van der Waals surface area contributed by atoms with Gasteiger partial charge in [0.05, 0.1) is 11.0 Å². The van der Waals surface area contributed by atoms with E-state index >= 15 is 0 Å². The molecule has 0 radical (unpaired) electrons. The van der Waals surface area contributed by atoms with Crippen molar-refractivity contribution in [3.05, 3.63) is 41.1 Å². The number of thioether (sulfide) groups is 1. The molecular weight excluding hydrogens is 316 g/mol. The predicted molar refractivity (Wildman–Crippen MR) is 87.4 cm³/mol. The molecular formula is C15H16N4O3S. The zero-order chi connectivity index (χ0) is 16.4. The molecule has 8 heteroatoms. The van der Waals surface area contributed by atoms with Crippen molar-refractivity contribution in [1.29, 1.82) is 0 Å². The summed E-state index contributed by atoms with van der Waals surface area (Å²) < 4.78 is 5.36. The number of H-pyrrole nitrogens is 1. The molecule has 1 aliphatic heterocycles. The van der Waals surface area contributed by atoms with E-state index in [2.05, 4.69) is 15.5 Å². The number of benzene rings is 1. The van der Waals surface area contributed by atoms with Crippen molar-refractivity contribution >= 4 is 29.4 Å². The quantitative estimate of drug-likeness (QED) is 0.783. The summed E-state index contributed by atoms with van der Waals surface area (Å²) in [4.78, 5) is 22.7. The van der Waals surface area contributed by atoms with Gasteiger partial charge in [-0.2, -0.15) is 5.10 Å². The number of nitrogens with zero attached hydrogens (tertiary/aromatic N) is 1. The van der Waals surface area contributed by atoms with Crippen molar-refractivity contribution in [2.24, 2.45) is 5.73 Å². The van der Waals surface area contributed by atoms with Gasteiger partial charge in [0, 0.05) is 11.3 Å². The zero-order valence-electron chi connectivity index (χ0n) is 12.5. The molecule has 0 saturated carbocycles. The number of hydrogen-bond donors (Lipinski definition) is 3. The fraction of sp³-hybridized carbons (Fsp3) is 0.267. The van der Waals surface area contributed by atoms with Crippen LogP contribution in [0.1, 0.15) is 22.1 Å². The van der Waals surface area contributed by atoms with Crippen molar-refractivity contribution in [1.82, 2.24) is 10.2 Å². The van der Waals surface area contributed by atoms with Crippen LogP contribution in [0.4, 0.5) is 5.82 Å². The van der Waals surface area contributed by atoms with Gasteiger partial charge in [-0.05, 0) is 24.6 Å². The van der Waals surface area contributed by atoms with E-state index in [0.717, 1.165) is 16.8 Å². The second kappa shape index (κ2) is 6.33. The molecule has 2 heterocycles. The van der Waals surface area contributed by atoms with E-state index in [4.69, 9.17) is 10.5 Å². The maximum absolute atomic E-state index is 11.8. The number of ether oxygens (including phenoxy) is 1. The van der Waals surface area contributed by atoms with E-state index < -0.39 is 5.91 Å². The van der Waals surface area contributed by atoms with Crippen LogP contribution < -0.4 is 15.8 Å². The Morgan fingerprint density at radius 1 is 1.52 bits per heavy atom. The van der Waals surface area contributed by atoms with E-state index in [9.17, 15) is 9.59 Å². The highest BCUT2D eigenvalue weighted by Crippen LogP contribution is 2.42. The highest BCUT2D eigenvalue weighted by molar-refractivity contribution is 8.00. The van der Waals surface area contributed by atoms with Crippen LogP contribution in [0, 0.1) is 6.92 Å². The maximum atomic E-state index is 11.8. The molecule has 0 bridgehead atoms. The third kappa shape index (κ3) is 3.31. The molecule has 0 fully saturated rings. The van der Waals surface area contributed by atoms with Gasteiger partial charge in [-0.15, -0.1) is 11.8 Å². The monoisotopic (exact) mass is 332 g/mol. The second-order valence-electron chi connectivity index (χ2n) is 5.18. The van der Waals surface area contributed by atoms with E-state index in [-0.39, 0.29) is 17.8 Å². The Morgan fingerprint density at radius 3 is 3.13 bits per heavy atom. The van der Waals surface area contributed by atoms with Crippen molar-refractivity contribution in [3.63, 3.8) is 0 Å². The fourth-order valence-electron chi connectivity index (χ4n) is 2.45. The number of amides is 2. The van der Waals surface area contributed by atoms with Crippen LogP contribution in [-0.2, 0) is 9.59 Å². The number of hydrogen-bond acceptors (Lipinski definition) is 5. The molecule has 23 heavy (non-hydrogen) atoms. The molecule has 0 spiro atoms. The molecule has 3 rings (SSSR count). The Kier molecular flexibility index (Phi) is 4.24. The summed E-state index contributed by atoms with van der Waals surface area (Å²) in [5, 5.41) is 9.82. The largest absolute Gasteiger partial charge is 0.484 e. The summed E-state index contributed by atoms with van der Waals surface area (Å²) in [7, 11) is 0. The Balaban J connectivity index is 1.94. The Labute approximate surface area is 137 Å². The van der Waals surface area contributed by atoms with Crippen LogP contribution in [-0.4, -0.2) is 34.4 Å². The topological polar surface area (TPSA) is 110 Å². The van der Waals surface area contributed by atoms with Crippen molar-refractivity contribution in [2.45, 2.75) is 12.2 Å². The third-order valence-corrected chi connectivity index (χ3v) is 4.71. The molecule has 0 aliphatic carbocycles. The van der Waals surface area contributed by atoms with Crippen LogP contribution in [0.5, 0.6) is 5.75 Å². The molecule has 120 valence electrons. The van der Waals surface area contributed by atoms with Crippen molar-refractivity contribution in [3.8, 4) is 5.75 Å². The van der Waals surface area contributed by atoms with E-state index in [0.29, 0.717) is 17.3 Å². The predicted octanol–water partition coefficient (Wildman–Crippen LogP) is 1.36. The summed E-state index contributed by atoms with van der Waals surface area (Å²) in [5.74, 6) is 0.861. The number of primary amides is 1. The molecule has 0 saturated heterocycles. The highest BCUT2D eigenvalue weighted by atomic mass is 32.2. The van der Waals surface area contributed by atoms with Gasteiger partial charge in [-0.25, -0.2) is 0 Å². The zero-order valence-corrected chi connectivity index (χ0v) is 13.3. The first-order valence-electron chi connectivity index (χ1n) is 7.02. The standard InChI is InChI=1S/C15H16N4O3S/c1-8-13-14(23-7-12(21)17-15(13)19-18-8)9-3-2-4-10(5-9)22-6-11(16)20/h2-5,14H,6-7H2,1H3,(H2,16,20)(H2,17,18,19,21)/t14-/m0/s1. The van der Waals surface area contributed by atoms with E-state index in [1.165, 1.54) is 11.8 Å². The Bertz CT molecular complexity index is 759. The first kappa shape index (κ1) is 15.4. The van der Waals surface area contributed by atoms with Crippen LogP contribution in [0.3, 0.4) is 0 Å². The van der Waals surface area contributed by atoms with Crippen LogP contribution >= 0.6 is 11.8 Å². The van der Waals surface area contributed by atoms with Crippen molar-refractivity contribution in [2.75, 3.05) is 17.7 Å². The first-order chi connectivity index (χ1) is 11.0. The number of anilines is 1. The minimum absolute atomic E-state index is 0.0557. The average Bonchev–Trinajstić information content (AvgIpc) is 2.78. The van der Waals surface area contributed by atoms with Crippen LogP contribution in [0.2, 0.25) is 0 Å². The van der Waals surface area contributed by atoms with Gasteiger partial charge >= 0.3 is 0 Å². The van der Waals surface area contributed by atoms with Gasteiger partial charge in [0.1, 0.15) is 5.75 Å². The van der Waals surface area contributed by atoms with Gasteiger partial charge in [0.2, 0.25) is 5.91 Å². The van der Waals surface area contributed by atoms with Gasteiger partial charge < -0.3 is 15.8 Å². The molecule has 0 unspecified atom stereocenters. The number of aryl methyl sites for hydroxylation is 1. The van der Waals surface area contributed by atoms with Crippen LogP contribution in [0.15, 0.2) is 24.3 Å². The minimum atomic E-state index is -0.526. The third-order valence-electron chi connectivity index (χ3n) is 3.44. The van der Waals surface area contributed by atoms with Gasteiger partial charge in [0.25, 0.3) is 5.91 Å². The number of nitrogens with one attached hydrogen (secondary N) is 2. The number of aromatic nitrogens is 2. The maximum Gasteiger partial charge on any atom is 0.255 e. The number of nitrogens with two attached hydrogens (primary N) is 1. The lowest BCUT2D eigenvalue weighted by atomic mass is 10.0. The summed E-state index contributed by atoms with van der Waals surface area (Å²) in [6, 6.07) is 7.43. The smallest absolute Gasteiger partial charge is 0.255 e. The molecule has 4 N–H and O–H groups in total. The summed E-state index contributed by atoms with van der Waals surface area (Å²) >= 11 is 1.52. The second-order valence-corrected chi connectivity index (χ2v) is 6.27. The fourth-order valence-corrected chi connectivity index (χ4v) is 3.63. The lowest BCUT2D eigenvalue weighted by molar-refractivity contribution is -0.120. The lowest BCUT2D eigenvalue weighted by Crippen LogP contribution is -2.20. The van der Waals surface area contributed by atoms with Crippen molar-refractivity contribution < 1.29 is 14.3 Å². The number of rotatable bonds is 4. The van der Waals surface area contributed by atoms with Gasteiger partial charge in [-0.3, -0.25) is 14.7 Å². The molecule has 1 aliphatic rings. The summed E-state index contributed by atoms with van der Waals surface area (Å²) in [5.41, 5.74) is 7.93. The molecule has 2 amide bonds. The van der Waals surface area contributed by atoms with E-state index in [1.807, 2.05) is 25.1 Å². The number of carbonyl (C=O) groups is 2. The summed E-state index contributed by atoms with van der Waals surface area (Å²) in [6.07, 6.45) is 0. The van der Waals surface area contributed by atoms with Crippen LogP contribution in [0.25, 0.3) is 0 Å². The average molecular weight is 332 g/mol. The van der Waals surface area contributed by atoms with Gasteiger partial charge in [-0.1, -0.05) is 12.1 Å². The normalized spacial score (nSPS) is 17.1. The molecule has 1 atom stereocenters. The molecule has 2 aromatic rings. The molecule has 7 nitrogen and oxygen atoms in total. The minimum Gasteiger partial charge on any atom is -0.484 e. The molecule has 1 aromatic carbocycles. The SMILES string of the molecule is Cc1[nH]nc2c1[C@H](c1cccc(OCC(N)=O)c1)SCC(=O)N2. The lowest BCUT2D eigenvalue weighted by Gasteiger charge is -2.16. The molecule has 1 aromatic heterocycles. The summed E-state index contributed by atoms with van der Waals surface area (Å²) in [6.45, 7) is 1.75. The highest BCUT2D eigenvalue weighted by Gasteiger charge is 2.28. The Hall–Kier alpha value is -2.48. The van der Waals surface area contributed by atoms with E-state index in [1.54, 1.807) is 6.07 Å². The number of fused-ring (bicyclic) bond motifs is 1. The number of carbonyl (C=O) groups excluding carboxylic acids is 2. The van der Waals surface area contributed by atoms with Gasteiger partial charge in [0.15, 0.2) is 12.4 Å². The first-order valence-corrected chi connectivity index (χ1v) is 8.07. The Morgan fingerprint density at radius 2 is 2.35 bits per heavy atom.